The molecule has 1 aliphatic heterocycles. The first-order valence-corrected chi connectivity index (χ1v) is 7.25. The molecule has 1 aliphatic rings. The van der Waals surface area contributed by atoms with Crippen molar-refractivity contribution < 1.29 is 4.79 Å². The van der Waals surface area contributed by atoms with Crippen LogP contribution >= 0.6 is 11.6 Å². The van der Waals surface area contributed by atoms with Gasteiger partial charge in [-0.1, -0.05) is 41.9 Å². The van der Waals surface area contributed by atoms with E-state index >= 15 is 0 Å². The third kappa shape index (κ3) is 2.56. The maximum Gasteiger partial charge on any atom is 0.254 e. The molecule has 0 spiro atoms. The molecule has 0 bridgehead atoms. The Morgan fingerprint density at radius 1 is 1.05 bits per heavy atom. The van der Waals surface area contributed by atoms with Crippen LogP contribution in [0, 0.1) is 0 Å². The molecule has 1 heterocycles. The fraction of sp³-hybridized carbons (Fsp3) is 0.235. The molecule has 1 atom stereocenters. The van der Waals surface area contributed by atoms with E-state index in [9.17, 15) is 4.79 Å². The quantitative estimate of drug-likeness (QED) is 0.805. The maximum absolute atomic E-state index is 12.6. The predicted octanol–water partition coefficient (Wildman–Crippen LogP) is 4.32. The summed E-state index contributed by atoms with van der Waals surface area (Å²) >= 11 is 5.88. The third-order valence-electron chi connectivity index (χ3n) is 3.79. The number of likely N-dealkylation sites (tertiary alicyclic amines) is 1. The summed E-state index contributed by atoms with van der Waals surface area (Å²) < 4.78 is 0. The molecule has 1 amide bonds. The van der Waals surface area contributed by atoms with E-state index in [4.69, 9.17) is 11.6 Å². The zero-order chi connectivity index (χ0) is 13.9. The summed E-state index contributed by atoms with van der Waals surface area (Å²) in [5, 5.41) is 0.655. The molecule has 0 unspecified atom stereocenters. The molecule has 1 fully saturated rings. The molecular formula is C17H16ClNO. The van der Waals surface area contributed by atoms with Crippen LogP contribution in [0.1, 0.15) is 34.8 Å². The molecule has 2 aromatic carbocycles. The lowest BCUT2D eigenvalue weighted by molar-refractivity contribution is 0.0735. The molecule has 0 saturated carbocycles. The summed E-state index contributed by atoms with van der Waals surface area (Å²) in [5.74, 6) is 0.0908. The van der Waals surface area contributed by atoms with Crippen LogP contribution < -0.4 is 0 Å². The summed E-state index contributed by atoms with van der Waals surface area (Å²) in [5.41, 5.74) is 1.92. The standard InChI is InChI=1S/C17H16ClNO/c18-15-10-8-14(9-11-15)17(20)19-12-4-7-16(19)13-5-2-1-3-6-13/h1-3,5-6,8-11,16H,4,7,12H2/t16-/m1/s1. The van der Waals surface area contributed by atoms with Crippen molar-refractivity contribution in [3.8, 4) is 0 Å². The highest BCUT2D eigenvalue weighted by molar-refractivity contribution is 6.30. The van der Waals surface area contributed by atoms with Gasteiger partial charge in [0.1, 0.15) is 0 Å². The van der Waals surface area contributed by atoms with Crippen LogP contribution in [0.4, 0.5) is 0 Å². The number of halogens is 1. The number of nitrogens with zero attached hydrogens (tertiary/aromatic N) is 1. The molecule has 102 valence electrons. The van der Waals surface area contributed by atoms with Crippen molar-refractivity contribution in [3.05, 3.63) is 70.7 Å². The van der Waals surface area contributed by atoms with Gasteiger partial charge in [-0.3, -0.25) is 4.79 Å². The Balaban J connectivity index is 1.85. The molecular weight excluding hydrogens is 270 g/mol. The van der Waals surface area contributed by atoms with Gasteiger partial charge in [-0.05, 0) is 42.7 Å². The lowest BCUT2D eigenvalue weighted by atomic mass is 10.0. The average molecular weight is 286 g/mol. The van der Waals surface area contributed by atoms with E-state index in [1.54, 1.807) is 24.3 Å². The minimum Gasteiger partial charge on any atom is -0.332 e. The summed E-state index contributed by atoms with van der Waals surface area (Å²) in [4.78, 5) is 14.6. The Bertz CT molecular complexity index is 594. The van der Waals surface area contributed by atoms with Gasteiger partial charge in [0, 0.05) is 17.1 Å². The fourth-order valence-corrected chi connectivity index (χ4v) is 2.92. The van der Waals surface area contributed by atoms with Gasteiger partial charge in [0.05, 0.1) is 6.04 Å². The van der Waals surface area contributed by atoms with E-state index in [0.29, 0.717) is 10.6 Å². The largest absolute Gasteiger partial charge is 0.332 e. The number of benzene rings is 2. The highest BCUT2D eigenvalue weighted by atomic mass is 35.5. The monoisotopic (exact) mass is 285 g/mol. The number of hydrogen-bond acceptors (Lipinski definition) is 1. The molecule has 3 heteroatoms. The Labute approximate surface area is 124 Å². The molecule has 0 aliphatic carbocycles. The molecule has 0 aromatic heterocycles. The Kier molecular flexibility index (Phi) is 3.75. The van der Waals surface area contributed by atoms with E-state index in [0.717, 1.165) is 19.4 Å². The molecule has 20 heavy (non-hydrogen) atoms. The first kappa shape index (κ1) is 13.2. The minimum absolute atomic E-state index is 0.0908. The van der Waals surface area contributed by atoms with Crippen molar-refractivity contribution in [1.29, 1.82) is 0 Å². The molecule has 0 N–H and O–H groups in total. The SMILES string of the molecule is O=C(c1ccc(Cl)cc1)N1CCC[C@@H]1c1ccccc1. The number of hydrogen-bond donors (Lipinski definition) is 0. The number of rotatable bonds is 2. The van der Waals surface area contributed by atoms with Crippen molar-refractivity contribution in [2.75, 3.05) is 6.54 Å². The smallest absolute Gasteiger partial charge is 0.254 e. The van der Waals surface area contributed by atoms with E-state index in [-0.39, 0.29) is 11.9 Å². The van der Waals surface area contributed by atoms with Crippen LogP contribution in [-0.4, -0.2) is 17.4 Å². The van der Waals surface area contributed by atoms with Gasteiger partial charge in [0.2, 0.25) is 0 Å². The van der Waals surface area contributed by atoms with Gasteiger partial charge < -0.3 is 4.90 Å². The fourth-order valence-electron chi connectivity index (χ4n) is 2.79. The van der Waals surface area contributed by atoms with E-state index in [1.165, 1.54) is 5.56 Å². The van der Waals surface area contributed by atoms with Crippen LogP contribution in [0.5, 0.6) is 0 Å². The van der Waals surface area contributed by atoms with E-state index < -0.39 is 0 Å². The molecule has 2 aromatic rings. The van der Waals surface area contributed by atoms with Gasteiger partial charge in [-0.25, -0.2) is 0 Å². The van der Waals surface area contributed by atoms with Gasteiger partial charge in [0.15, 0.2) is 0 Å². The average Bonchev–Trinajstić information content (AvgIpc) is 2.97. The van der Waals surface area contributed by atoms with E-state index in [1.807, 2.05) is 23.1 Å². The summed E-state index contributed by atoms with van der Waals surface area (Å²) in [6.07, 6.45) is 2.09. The summed E-state index contributed by atoms with van der Waals surface area (Å²) in [6, 6.07) is 17.6. The molecule has 1 saturated heterocycles. The van der Waals surface area contributed by atoms with Gasteiger partial charge in [-0.15, -0.1) is 0 Å². The van der Waals surface area contributed by atoms with Crippen molar-refractivity contribution in [1.82, 2.24) is 4.90 Å². The van der Waals surface area contributed by atoms with Crippen molar-refractivity contribution in [2.45, 2.75) is 18.9 Å². The summed E-state index contributed by atoms with van der Waals surface area (Å²) in [7, 11) is 0. The van der Waals surface area contributed by atoms with Crippen LogP contribution in [-0.2, 0) is 0 Å². The van der Waals surface area contributed by atoms with Crippen LogP contribution in [0.25, 0.3) is 0 Å². The van der Waals surface area contributed by atoms with Crippen molar-refractivity contribution in [3.63, 3.8) is 0 Å². The zero-order valence-corrected chi connectivity index (χ0v) is 11.9. The number of carbonyl (C=O) groups excluding carboxylic acids is 1. The number of amides is 1. The van der Waals surface area contributed by atoms with Gasteiger partial charge in [-0.2, -0.15) is 0 Å². The van der Waals surface area contributed by atoms with Crippen LogP contribution in [0.2, 0.25) is 5.02 Å². The van der Waals surface area contributed by atoms with Crippen LogP contribution in [0.15, 0.2) is 54.6 Å². The Hall–Kier alpha value is -1.80. The normalized spacial score (nSPS) is 18.2. The summed E-state index contributed by atoms with van der Waals surface area (Å²) in [6.45, 7) is 0.820. The topological polar surface area (TPSA) is 20.3 Å². The second-order valence-corrected chi connectivity index (χ2v) is 5.51. The lowest BCUT2D eigenvalue weighted by Crippen LogP contribution is -2.30. The first-order valence-electron chi connectivity index (χ1n) is 6.87. The second-order valence-electron chi connectivity index (χ2n) is 5.07. The zero-order valence-electron chi connectivity index (χ0n) is 11.1. The lowest BCUT2D eigenvalue weighted by Gasteiger charge is -2.25. The van der Waals surface area contributed by atoms with Crippen LogP contribution in [0.3, 0.4) is 0 Å². The Morgan fingerprint density at radius 3 is 2.45 bits per heavy atom. The number of carbonyl (C=O) groups is 1. The maximum atomic E-state index is 12.6. The third-order valence-corrected chi connectivity index (χ3v) is 4.04. The van der Waals surface area contributed by atoms with Gasteiger partial charge in [0.25, 0.3) is 5.91 Å². The van der Waals surface area contributed by atoms with Crippen molar-refractivity contribution >= 4 is 17.5 Å². The highest BCUT2D eigenvalue weighted by Gasteiger charge is 2.30. The first-order chi connectivity index (χ1) is 9.75. The van der Waals surface area contributed by atoms with Crippen molar-refractivity contribution in [2.24, 2.45) is 0 Å². The van der Waals surface area contributed by atoms with Gasteiger partial charge >= 0.3 is 0 Å². The molecule has 3 rings (SSSR count). The predicted molar refractivity (Wildman–Crippen MR) is 80.9 cm³/mol. The molecule has 0 radical (unpaired) electrons. The van der Waals surface area contributed by atoms with E-state index in [2.05, 4.69) is 12.1 Å². The molecule has 2 nitrogen and oxygen atoms in total. The second kappa shape index (κ2) is 5.68. The Morgan fingerprint density at radius 2 is 1.75 bits per heavy atom. The minimum atomic E-state index is 0.0908. The highest BCUT2D eigenvalue weighted by Crippen LogP contribution is 2.33.